The number of hydrogen-bond acceptors (Lipinski definition) is 3. The predicted molar refractivity (Wildman–Crippen MR) is 96.5 cm³/mol. The zero-order chi connectivity index (χ0) is 17.2. The average molecular weight is 327 g/mol. The number of rotatable bonds is 8. The van der Waals surface area contributed by atoms with Gasteiger partial charge in [0, 0.05) is 12.6 Å². The summed E-state index contributed by atoms with van der Waals surface area (Å²) in [5, 5.41) is 13.6. The topological polar surface area (TPSA) is 64.6 Å². The van der Waals surface area contributed by atoms with Crippen molar-refractivity contribution >= 4 is 11.7 Å². The van der Waals surface area contributed by atoms with E-state index in [1.165, 1.54) is 0 Å². The molecule has 2 rings (SSSR count). The van der Waals surface area contributed by atoms with Gasteiger partial charge in [-0.3, -0.25) is 5.01 Å². The first-order chi connectivity index (χ1) is 11.7. The van der Waals surface area contributed by atoms with E-state index in [-0.39, 0.29) is 18.7 Å². The van der Waals surface area contributed by atoms with Crippen LogP contribution in [0.3, 0.4) is 0 Å². The maximum absolute atomic E-state index is 12.3. The van der Waals surface area contributed by atoms with Gasteiger partial charge in [0.05, 0.1) is 12.2 Å². The molecule has 1 unspecified atom stereocenters. The predicted octanol–water partition coefficient (Wildman–Crippen LogP) is 3.07. The third-order valence-electron chi connectivity index (χ3n) is 3.66. The van der Waals surface area contributed by atoms with Gasteiger partial charge in [0.2, 0.25) is 0 Å². The highest BCUT2D eigenvalue weighted by Crippen LogP contribution is 2.14. The molecule has 128 valence electrons. The molecule has 0 aliphatic carbocycles. The van der Waals surface area contributed by atoms with Crippen molar-refractivity contribution in [1.82, 2.24) is 10.7 Å². The van der Waals surface area contributed by atoms with E-state index in [9.17, 15) is 4.79 Å². The van der Waals surface area contributed by atoms with E-state index in [2.05, 4.69) is 10.7 Å². The normalized spacial score (nSPS) is 11.6. The Kier molecular flexibility index (Phi) is 7.11. The Labute approximate surface area is 143 Å². The maximum atomic E-state index is 12.3. The third-order valence-corrected chi connectivity index (χ3v) is 3.66. The number of para-hydroxylation sites is 1. The Bertz CT molecular complexity index is 605. The van der Waals surface area contributed by atoms with Gasteiger partial charge in [-0.1, -0.05) is 48.5 Å². The van der Waals surface area contributed by atoms with E-state index in [0.29, 0.717) is 13.0 Å². The molecule has 0 heterocycles. The summed E-state index contributed by atoms with van der Waals surface area (Å²) in [6, 6.07) is 19.5. The fraction of sp³-hybridized carbons (Fsp3) is 0.316. The summed E-state index contributed by atoms with van der Waals surface area (Å²) in [7, 11) is 0. The van der Waals surface area contributed by atoms with Crippen molar-refractivity contribution in [1.29, 1.82) is 0 Å². The van der Waals surface area contributed by atoms with Crippen LogP contribution in [0, 0.1) is 0 Å². The molecule has 0 radical (unpaired) electrons. The van der Waals surface area contributed by atoms with Crippen LogP contribution >= 0.6 is 0 Å². The molecule has 0 aliphatic rings. The lowest BCUT2D eigenvalue weighted by atomic mass is 10.2. The van der Waals surface area contributed by atoms with Gasteiger partial charge in [0.25, 0.3) is 0 Å². The number of hydrogen-bond donors (Lipinski definition) is 3. The number of carbonyl (C=O) groups is 1. The second kappa shape index (κ2) is 9.57. The minimum atomic E-state index is -0.250. The molecule has 0 saturated heterocycles. The number of hydrazine groups is 1. The fourth-order valence-electron chi connectivity index (χ4n) is 2.42. The van der Waals surface area contributed by atoms with Crippen LogP contribution in [-0.4, -0.2) is 23.8 Å². The summed E-state index contributed by atoms with van der Waals surface area (Å²) in [6.07, 6.45) is 1.42. The van der Waals surface area contributed by atoms with Gasteiger partial charge in [-0.2, -0.15) is 0 Å². The Morgan fingerprint density at radius 3 is 2.33 bits per heavy atom. The van der Waals surface area contributed by atoms with E-state index in [1.807, 2.05) is 72.6 Å². The quantitative estimate of drug-likeness (QED) is 0.653. The Hall–Kier alpha value is -2.53. The zero-order valence-electron chi connectivity index (χ0n) is 14.0. The van der Waals surface area contributed by atoms with E-state index < -0.39 is 0 Å². The summed E-state index contributed by atoms with van der Waals surface area (Å²) < 4.78 is 0. The van der Waals surface area contributed by atoms with Crippen LogP contribution in [0.4, 0.5) is 10.5 Å². The van der Waals surface area contributed by atoms with E-state index in [1.54, 1.807) is 0 Å². The molecule has 5 nitrogen and oxygen atoms in total. The van der Waals surface area contributed by atoms with Gasteiger partial charge in [0.15, 0.2) is 0 Å². The van der Waals surface area contributed by atoms with Crippen LogP contribution in [0.15, 0.2) is 60.7 Å². The monoisotopic (exact) mass is 327 g/mol. The number of nitrogens with one attached hydrogen (secondary N) is 2. The molecule has 0 aliphatic heterocycles. The van der Waals surface area contributed by atoms with Gasteiger partial charge in [-0.25, -0.2) is 10.2 Å². The average Bonchev–Trinajstić information content (AvgIpc) is 2.61. The fourth-order valence-corrected chi connectivity index (χ4v) is 2.42. The number of amides is 2. The van der Waals surface area contributed by atoms with Crippen LogP contribution in [0.2, 0.25) is 0 Å². The highest BCUT2D eigenvalue weighted by atomic mass is 16.3. The SMILES string of the molecule is CC(CCCO)NC(=O)NN(Cc1ccccc1)c1ccccc1. The number of nitrogens with zero attached hydrogens (tertiary/aromatic N) is 1. The molecule has 24 heavy (non-hydrogen) atoms. The van der Waals surface area contributed by atoms with Crippen LogP contribution in [-0.2, 0) is 6.54 Å². The first-order valence-corrected chi connectivity index (χ1v) is 8.23. The van der Waals surface area contributed by atoms with Crippen molar-refractivity contribution in [2.75, 3.05) is 11.6 Å². The van der Waals surface area contributed by atoms with Crippen molar-refractivity contribution < 1.29 is 9.90 Å². The van der Waals surface area contributed by atoms with Crippen LogP contribution < -0.4 is 15.8 Å². The Balaban J connectivity index is 2.02. The van der Waals surface area contributed by atoms with Crippen LogP contribution in [0.5, 0.6) is 0 Å². The minimum absolute atomic E-state index is 0.00602. The molecule has 3 N–H and O–H groups in total. The van der Waals surface area contributed by atoms with Crippen molar-refractivity contribution in [3.05, 3.63) is 66.2 Å². The van der Waals surface area contributed by atoms with Crippen molar-refractivity contribution in [3.63, 3.8) is 0 Å². The van der Waals surface area contributed by atoms with Gasteiger partial charge in [-0.15, -0.1) is 0 Å². The van der Waals surface area contributed by atoms with Crippen LogP contribution in [0.1, 0.15) is 25.3 Å². The molecule has 5 heteroatoms. The second-order valence-corrected chi connectivity index (χ2v) is 5.76. The Morgan fingerprint density at radius 1 is 1.08 bits per heavy atom. The van der Waals surface area contributed by atoms with E-state index in [0.717, 1.165) is 17.7 Å². The van der Waals surface area contributed by atoms with Crippen LogP contribution in [0.25, 0.3) is 0 Å². The lowest BCUT2D eigenvalue weighted by Gasteiger charge is -2.26. The molecule has 0 saturated carbocycles. The maximum Gasteiger partial charge on any atom is 0.333 e. The molecule has 1 atom stereocenters. The summed E-state index contributed by atoms with van der Waals surface area (Å²) in [6.45, 7) is 2.64. The zero-order valence-corrected chi connectivity index (χ0v) is 14.0. The highest BCUT2D eigenvalue weighted by Gasteiger charge is 2.12. The molecule has 0 bridgehead atoms. The molecular weight excluding hydrogens is 302 g/mol. The summed E-state index contributed by atoms with van der Waals surface area (Å²) in [5.74, 6) is 0. The van der Waals surface area contributed by atoms with Gasteiger partial charge < -0.3 is 10.4 Å². The Morgan fingerprint density at radius 2 is 1.71 bits per heavy atom. The smallest absolute Gasteiger partial charge is 0.333 e. The first kappa shape index (κ1) is 17.8. The van der Waals surface area contributed by atoms with E-state index in [4.69, 9.17) is 5.11 Å². The summed E-state index contributed by atoms with van der Waals surface area (Å²) >= 11 is 0. The number of benzene rings is 2. The molecule has 2 aromatic rings. The largest absolute Gasteiger partial charge is 0.396 e. The number of aliphatic hydroxyl groups is 1. The molecular formula is C19H25N3O2. The third kappa shape index (κ3) is 5.93. The first-order valence-electron chi connectivity index (χ1n) is 8.23. The van der Waals surface area contributed by atoms with Crippen molar-refractivity contribution in [2.24, 2.45) is 0 Å². The molecule has 0 aromatic heterocycles. The van der Waals surface area contributed by atoms with Gasteiger partial charge >= 0.3 is 6.03 Å². The molecule has 0 spiro atoms. The standard InChI is InChI=1S/C19H25N3O2/c1-16(9-8-14-23)20-19(24)21-22(18-12-6-3-7-13-18)15-17-10-4-2-5-11-17/h2-7,10-13,16,23H,8-9,14-15H2,1H3,(H2,20,21,24). The highest BCUT2D eigenvalue weighted by molar-refractivity contribution is 5.76. The number of aliphatic hydroxyl groups excluding tert-OH is 1. The lowest BCUT2D eigenvalue weighted by Crippen LogP contribution is -2.49. The van der Waals surface area contributed by atoms with Gasteiger partial charge in [0.1, 0.15) is 0 Å². The second-order valence-electron chi connectivity index (χ2n) is 5.76. The molecule has 2 aromatic carbocycles. The minimum Gasteiger partial charge on any atom is -0.396 e. The van der Waals surface area contributed by atoms with E-state index >= 15 is 0 Å². The molecule has 2 amide bonds. The summed E-state index contributed by atoms with van der Waals surface area (Å²) in [4.78, 5) is 12.3. The molecule has 0 fully saturated rings. The van der Waals surface area contributed by atoms with Gasteiger partial charge in [-0.05, 0) is 37.5 Å². The van der Waals surface area contributed by atoms with Crippen molar-refractivity contribution in [2.45, 2.75) is 32.4 Å². The lowest BCUT2D eigenvalue weighted by molar-refractivity contribution is 0.233. The van der Waals surface area contributed by atoms with Crippen molar-refractivity contribution in [3.8, 4) is 0 Å². The summed E-state index contributed by atoms with van der Waals surface area (Å²) in [5.41, 5.74) is 4.93. The number of urea groups is 1. The number of anilines is 1. The number of carbonyl (C=O) groups excluding carboxylic acids is 1.